The molecule has 2 rings (SSSR count). The van der Waals surface area contributed by atoms with Gasteiger partial charge in [0.1, 0.15) is 11.9 Å². The van der Waals surface area contributed by atoms with E-state index in [1.807, 2.05) is 45.0 Å². The molecule has 1 aliphatic heterocycles. The monoisotopic (exact) mass is 249 g/mol. The Bertz CT molecular complexity index is 437. The first-order valence-corrected chi connectivity index (χ1v) is 6.16. The van der Waals surface area contributed by atoms with E-state index < -0.39 is 0 Å². The number of para-hydroxylation sites is 1. The summed E-state index contributed by atoms with van der Waals surface area (Å²) in [4.78, 5) is 11.8. The van der Waals surface area contributed by atoms with Crippen LogP contribution in [0.25, 0.3) is 0 Å². The highest BCUT2D eigenvalue weighted by Gasteiger charge is 2.25. The summed E-state index contributed by atoms with van der Waals surface area (Å²) < 4.78 is 11.0. The molecule has 0 aromatic heterocycles. The van der Waals surface area contributed by atoms with Crippen molar-refractivity contribution in [3.8, 4) is 5.75 Å². The molecule has 1 aromatic rings. The zero-order valence-corrected chi connectivity index (χ0v) is 11.0. The summed E-state index contributed by atoms with van der Waals surface area (Å²) >= 11 is 0. The van der Waals surface area contributed by atoms with E-state index in [9.17, 15) is 4.79 Å². The van der Waals surface area contributed by atoms with Crippen LogP contribution >= 0.6 is 0 Å². The Morgan fingerprint density at radius 2 is 2.11 bits per heavy atom. The van der Waals surface area contributed by atoms with Crippen LogP contribution in [0, 0.1) is 0 Å². The van der Waals surface area contributed by atoms with Crippen molar-refractivity contribution in [1.29, 1.82) is 0 Å². The predicted molar refractivity (Wildman–Crippen MR) is 68.7 cm³/mol. The van der Waals surface area contributed by atoms with Crippen LogP contribution in [0.3, 0.4) is 0 Å². The summed E-state index contributed by atoms with van der Waals surface area (Å²) in [6.45, 7) is 6.34. The Kier molecular flexibility index (Phi) is 3.45. The van der Waals surface area contributed by atoms with Crippen molar-refractivity contribution in [2.45, 2.75) is 38.8 Å². The van der Waals surface area contributed by atoms with Crippen molar-refractivity contribution in [1.82, 2.24) is 5.32 Å². The Morgan fingerprint density at radius 1 is 1.39 bits per heavy atom. The van der Waals surface area contributed by atoms with E-state index in [1.165, 1.54) is 0 Å². The van der Waals surface area contributed by atoms with E-state index in [0.29, 0.717) is 13.0 Å². The van der Waals surface area contributed by atoms with Crippen LogP contribution in [-0.2, 0) is 4.74 Å². The van der Waals surface area contributed by atoms with Crippen LogP contribution in [0.4, 0.5) is 4.79 Å². The Balaban J connectivity index is 2.05. The van der Waals surface area contributed by atoms with Crippen molar-refractivity contribution in [3.05, 3.63) is 29.8 Å². The summed E-state index contributed by atoms with van der Waals surface area (Å²) in [5.41, 5.74) is 0.648. The van der Waals surface area contributed by atoms with Crippen LogP contribution in [0.5, 0.6) is 5.75 Å². The Labute approximate surface area is 107 Å². The number of fused-ring (bicyclic) bond motifs is 1. The van der Waals surface area contributed by atoms with Gasteiger partial charge in [-0.15, -0.1) is 0 Å². The maximum absolute atomic E-state index is 11.8. The average molecular weight is 249 g/mol. The molecule has 0 aliphatic carbocycles. The van der Waals surface area contributed by atoms with Gasteiger partial charge in [0.25, 0.3) is 0 Å². The highest BCUT2D eigenvalue weighted by molar-refractivity contribution is 5.68. The minimum Gasteiger partial charge on any atom is -0.493 e. The van der Waals surface area contributed by atoms with Crippen molar-refractivity contribution in [2.24, 2.45) is 0 Å². The van der Waals surface area contributed by atoms with Gasteiger partial charge in [-0.25, -0.2) is 4.79 Å². The number of carbonyl (C=O) groups excluding carboxylic acids is 1. The molecular weight excluding hydrogens is 230 g/mol. The molecule has 1 unspecified atom stereocenters. The Hall–Kier alpha value is -1.71. The van der Waals surface area contributed by atoms with Crippen LogP contribution in [0.1, 0.15) is 38.9 Å². The third kappa shape index (κ3) is 3.15. The second kappa shape index (κ2) is 4.88. The van der Waals surface area contributed by atoms with Gasteiger partial charge in [0.2, 0.25) is 0 Å². The maximum atomic E-state index is 11.8. The normalized spacial score (nSPS) is 18.5. The average Bonchev–Trinajstić information content (AvgIpc) is 2.27. The molecule has 1 heterocycles. The van der Waals surface area contributed by atoms with Gasteiger partial charge in [0.15, 0.2) is 0 Å². The van der Waals surface area contributed by atoms with Crippen LogP contribution in [-0.4, -0.2) is 18.2 Å². The van der Waals surface area contributed by atoms with Crippen LogP contribution in [0.15, 0.2) is 24.3 Å². The van der Waals surface area contributed by atoms with Gasteiger partial charge in [-0.2, -0.15) is 0 Å². The van der Waals surface area contributed by atoms with Crippen molar-refractivity contribution in [3.63, 3.8) is 0 Å². The molecule has 1 aromatic carbocycles. The fourth-order valence-electron chi connectivity index (χ4n) is 1.90. The first-order valence-electron chi connectivity index (χ1n) is 6.16. The lowest BCUT2D eigenvalue weighted by Crippen LogP contribution is -2.41. The number of hydrogen-bond donors (Lipinski definition) is 1. The molecule has 0 radical (unpaired) electrons. The number of hydrogen-bond acceptors (Lipinski definition) is 3. The minimum atomic E-state index is -0.385. The third-order valence-electron chi connectivity index (χ3n) is 2.63. The van der Waals surface area contributed by atoms with Gasteiger partial charge in [0.05, 0.1) is 6.61 Å². The van der Waals surface area contributed by atoms with Gasteiger partial charge in [-0.3, -0.25) is 0 Å². The molecule has 1 N–H and O–H groups in total. The number of alkyl carbamates (subject to hydrolysis) is 1. The molecule has 0 bridgehead atoms. The molecule has 1 amide bonds. The molecule has 18 heavy (non-hydrogen) atoms. The molecular formula is C14H19NO3. The van der Waals surface area contributed by atoms with E-state index in [0.717, 1.165) is 11.3 Å². The molecule has 1 aliphatic rings. The molecule has 4 heteroatoms. The van der Waals surface area contributed by atoms with Gasteiger partial charge in [-0.05, 0) is 26.8 Å². The van der Waals surface area contributed by atoms with Crippen molar-refractivity contribution >= 4 is 6.09 Å². The zero-order chi connectivity index (χ0) is 13.2. The number of benzene rings is 1. The van der Waals surface area contributed by atoms with E-state index in [-0.39, 0.29) is 17.7 Å². The zero-order valence-electron chi connectivity index (χ0n) is 11.0. The van der Waals surface area contributed by atoms with Crippen molar-refractivity contribution < 1.29 is 14.3 Å². The molecule has 0 fully saturated rings. The van der Waals surface area contributed by atoms with E-state index >= 15 is 0 Å². The number of nitrogens with one attached hydrogen (secondary N) is 1. The summed E-state index contributed by atoms with van der Waals surface area (Å²) in [6, 6.07) is 7.66. The first kappa shape index (κ1) is 12.7. The van der Waals surface area contributed by atoms with Gasteiger partial charge in [0, 0.05) is 17.5 Å². The van der Waals surface area contributed by atoms with E-state index in [4.69, 9.17) is 9.47 Å². The third-order valence-corrected chi connectivity index (χ3v) is 2.63. The lowest BCUT2D eigenvalue weighted by Gasteiger charge is -2.27. The smallest absolute Gasteiger partial charge is 0.408 e. The highest BCUT2D eigenvalue weighted by atomic mass is 16.6. The Morgan fingerprint density at radius 3 is 2.83 bits per heavy atom. The molecule has 98 valence electrons. The van der Waals surface area contributed by atoms with Gasteiger partial charge in [-0.1, -0.05) is 18.2 Å². The number of carbonyl (C=O) groups is 1. The summed E-state index contributed by atoms with van der Waals surface area (Å²) in [6.07, 6.45) is 0.0793. The molecule has 4 nitrogen and oxygen atoms in total. The first-order chi connectivity index (χ1) is 8.46. The SMILES string of the molecule is CC(C)(C)NC(=O)OC1CCOc2ccccc21. The minimum absolute atomic E-state index is 0.225. The fraction of sp³-hybridized carbons (Fsp3) is 0.500. The summed E-state index contributed by atoms with van der Waals surface area (Å²) in [7, 11) is 0. The number of ether oxygens (including phenoxy) is 2. The van der Waals surface area contributed by atoms with E-state index in [1.54, 1.807) is 0 Å². The van der Waals surface area contributed by atoms with Gasteiger partial charge < -0.3 is 14.8 Å². The highest BCUT2D eigenvalue weighted by Crippen LogP contribution is 2.34. The maximum Gasteiger partial charge on any atom is 0.408 e. The van der Waals surface area contributed by atoms with E-state index in [2.05, 4.69) is 5.32 Å². The lowest BCUT2D eigenvalue weighted by molar-refractivity contribution is 0.0650. The molecule has 0 spiro atoms. The largest absolute Gasteiger partial charge is 0.493 e. The second-order valence-electron chi connectivity index (χ2n) is 5.44. The second-order valence-corrected chi connectivity index (χ2v) is 5.44. The standard InChI is InChI=1S/C14H19NO3/c1-14(2,3)15-13(16)18-12-8-9-17-11-7-5-4-6-10(11)12/h4-7,12H,8-9H2,1-3H3,(H,15,16). The predicted octanol–water partition coefficient (Wildman–Crippen LogP) is 3.03. The number of rotatable bonds is 1. The topological polar surface area (TPSA) is 47.6 Å². The van der Waals surface area contributed by atoms with Crippen molar-refractivity contribution in [2.75, 3.05) is 6.61 Å². The van der Waals surface area contributed by atoms with Crippen LogP contribution < -0.4 is 10.1 Å². The molecule has 0 saturated carbocycles. The quantitative estimate of drug-likeness (QED) is 0.832. The summed E-state index contributed by atoms with van der Waals surface area (Å²) in [5.74, 6) is 0.803. The van der Waals surface area contributed by atoms with Crippen LogP contribution in [0.2, 0.25) is 0 Å². The number of amides is 1. The molecule has 0 saturated heterocycles. The fourth-order valence-corrected chi connectivity index (χ4v) is 1.90. The summed E-state index contributed by atoms with van der Waals surface area (Å²) in [5, 5.41) is 2.80. The molecule has 1 atom stereocenters. The van der Waals surface area contributed by atoms with Gasteiger partial charge >= 0.3 is 6.09 Å². The lowest BCUT2D eigenvalue weighted by atomic mass is 10.0.